The Bertz CT molecular complexity index is 1470. The molecule has 2 aliphatic rings. The molecule has 2 heterocycles. The summed E-state index contributed by atoms with van der Waals surface area (Å²) >= 11 is 6.15. The number of rotatable bonds is 12. The SMILES string of the molecule is Cc1cnc(NCCc2ccc3c(c2)OCO3)c(=O)n1CC(=O)NCc1cc(Cl)ccc1OCC(=O)NC1CC1. The van der Waals surface area contributed by atoms with Crippen LogP contribution in [0.15, 0.2) is 47.4 Å². The standard InChI is InChI=1S/C28H30ClN5O6/c1-17-12-32-27(30-9-8-18-2-6-23-24(10-18)40-16-39-23)28(37)34(17)14-25(35)31-13-19-11-20(29)3-7-22(19)38-15-26(36)33-21-4-5-21/h2-3,6-7,10-12,21H,4-5,8-9,13-16H2,1H3,(H,30,32)(H,31,35)(H,33,36). The number of amides is 2. The number of carbonyl (C=O) groups excluding carboxylic acids is 2. The van der Waals surface area contributed by atoms with Gasteiger partial charge in [0.05, 0.1) is 0 Å². The number of ether oxygens (including phenoxy) is 3. The second-order valence-electron chi connectivity index (χ2n) is 9.66. The highest BCUT2D eigenvalue weighted by atomic mass is 35.5. The lowest BCUT2D eigenvalue weighted by atomic mass is 10.1. The molecular formula is C28H30ClN5O6. The first-order valence-corrected chi connectivity index (χ1v) is 13.4. The van der Waals surface area contributed by atoms with Gasteiger partial charge in [-0.15, -0.1) is 0 Å². The van der Waals surface area contributed by atoms with E-state index in [-0.39, 0.29) is 50.2 Å². The number of halogens is 1. The van der Waals surface area contributed by atoms with Crippen LogP contribution < -0.4 is 35.7 Å². The topological polar surface area (TPSA) is 133 Å². The number of anilines is 1. The molecule has 1 saturated carbocycles. The molecule has 1 aromatic heterocycles. The molecular weight excluding hydrogens is 538 g/mol. The summed E-state index contributed by atoms with van der Waals surface area (Å²) in [7, 11) is 0. The fourth-order valence-corrected chi connectivity index (χ4v) is 4.37. The molecule has 1 aliphatic carbocycles. The highest BCUT2D eigenvalue weighted by Crippen LogP contribution is 2.32. The first-order valence-electron chi connectivity index (χ1n) is 13.0. The van der Waals surface area contributed by atoms with E-state index in [1.165, 1.54) is 4.57 Å². The molecule has 2 aromatic carbocycles. The number of benzene rings is 2. The Hall–Kier alpha value is -4.25. The molecule has 5 rings (SSSR count). The Kier molecular flexibility index (Phi) is 8.40. The number of carbonyl (C=O) groups is 2. The number of aromatic nitrogens is 2. The number of aryl methyl sites for hydroxylation is 1. The average molecular weight is 568 g/mol. The maximum absolute atomic E-state index is 13.1. The summed E-state index contributed by atoms with van der Waals surface area (Å²) in [5, 5.41) is 9.21. The smallest absolute Gasteiger partial charge is 0.293 e. The van der Waals surface area contributed by atoms with Gasteiger partial charge in [-0.3, -0.25) is 19.0 Å². The minimum atomic E-state index is -0.394. The van der Waals surface area contributed by atoms with Crippen molar-refractivity contribution in [2.75, 3.05) is 25.3 Å². The van der Waals surface area contributed by atoms with E-state index in [0.29, 0.717) is 46.5 Å². The predicted molar refractivity (Wildman–Crippen MR) is 148 cm³/mol. The van der Waals surface area contributed by atoms with E-state index in [2.05, 4.69) is 20.9 Å². The van der Waals surface area contributed by atoms with Gasteiger partial charge in [0, 0.05) is 41.6 Å². The van der Waals surface area contributed by atoms with Crippen molar-refractivity contribution in [1.29, 1.82) is 0 Å². The molecule has 0 atom stereocenters. The zero-order valence-corrected chi connectivity index (χ0v) is 22.8. The van der Waals surface area contributed by atoms with Crippen molar-refractivity contribution < 1.29 is 23.8 Å². The third kappa shape index (κ3) is 7.03. The maximum atomic E-state index is 13.1. The van der Waals surface area contributed by atoms with Gasteiger partial charge in [-0.2, -0.15) is 0 Å². The van der Waals surface area contributed by atoms with Crippen LogP contribution in [0.2, 0.25) is 5.02 Å². The van der Waals surface area contributed by atoms with Crippen molar-refractivity contribution in [3.05, 3.63) is 74.8 Å². The van der Waals surface area contributed by atoms with Crippen LogP contribution in [0.25, 0.3) is 0 Å². The summed E-state index contributed by atoms with van der Waals surface area (Å²) < 4.78 is 17.8. The third-order valence-electron chi connectivity index (χ3n) is 6.50. The van der Waals surface area contributed by atoms with Gasteiger partial charge in [0.2, 0.25) is 12.7 Å². The summed E-state index contributed by atoms with van der Waals surface area (Å²) in [4.78, 5) is 42.1. The molecule has 2 amide bonds. The Balaban J connectivity index is 1.16. The lowest BCUT2D eigenvalue weighted by molar-refractivity contribution is -0.123. The van der Waals surface area contributed by atoms with Crippen molar-refractivity contribution in [3.63, 3.8) is 0 Å². The molecule has 0 unspecified atom stereocenters. The summed E-state index contributed by atoms with van der Waals surface area (Å²) in [6.07, 6.45) is 4.16. The van der Waals surface area contributed by atoms with Gasteiger partial charge in [0.1, 0.15) is 12.3 Å². The van der Waals surface area contributed by atoms with E-state index >= 15 is 0 Å². The molecule has 12 heteroatoms. The Morgan fingerprint density at radius 1 is 1.12 bits per heavy atom. The summed E-state index contributed by atoms with van der Waals surface area (Å²) in [5.74, 6) is 1.46. The van der Waals surface area contributed by atoms with Crippen molar-refractivity contribution in [2.45, 2.75) is 45.3 Å². The first kappa shape index (κ1) is 27.3. The van der Waals surface area contributed by atoms with Crippen LogP contribution in [-0.4, -0.2) is 47.4 Å². The predicted octanol–water partition coefficient (Wildman–Crippen LogP) is 2.56. The quantitative estimate of drug-likeness (QED) is 0.304. The molecule has 0 bridgehead atoms. The fraction of sp³-hybridized carbons (Fsp3) is 0.357. The summed E-state index contributed by atoms with van der Waals surface area (Å²) in [5.41, 5.74) is 1.80. The number of hydrogen-bond acceptors (Lipinski definition) is 8. The van der Waals surface area contributed by atoms with Crippen LogP contribution in [0.1, 0.15) is 29.7 Å². The van der Waals surface area contributed by atoms with Gasteiger partial charge in [-0.05, 0) is 62.1 Å². The number of hydrogen-bond donors (Lipinski definition) is 3. The van der Waals surface area contributed by atoms with Gasteiger partial charge < -0.3 is 30.2 Å². The van der Waals surface area contributed by atoms with Crippen molar-refractivity contribution in [2.24, 2.45) is 0 Å². The van der Waals surface area contributed by atoms with Crippen LogP contribution in [0.5, 0.6) is 17.2 Å². The van der Waals surface area contributed by atoms with E-state index in [1.54, 1.807) is 31.3 Å². The molecule has 1 fully saturated rings. The van der Waals surface area contributed by atoms with E-state index in [0.717, 1.165) is 18.4 Å². The monoisotopic (exact) mass is 567 g/mol. The summed E-state index contributed by atoms with van der Waals surface area (Å²) in [6, 6.07) is 10.9. The normalized spacial score (nSPS) is 13.6. The van der Waals surface area contributed by atoms with Crippen molar-refractivity contribution in [1.82, 2.24) is 20.2 Å². The van der Waals surface area contributed by atoms with Gasteiger partial charge >= 0.3 is 0 Å². The molecule has 0 radical (unpaired) electrons. The average Bonchev–Trinajstić information content (AvgIpc) is 3.63. The van der Waals surface area contributed by atoms with E-state index in [4.69, 9.17) is 25.8 Å². The van der Waals surface area contributed by atoms with E-state index in [9.17, 15) is 14.4 Å². The first-order chi connectivity index (χ1) is 19.4. The summed E-state index contributed by atoms with van der Waals surface area (Å²) in [6.45, 7) is 2.18. The second-order valence-corrected chi connectivity index (χ2v) is 10.1. The molecule has 0 saturated heterocycles. The van der Waals surface area contributed by atoms with E-state index < -0.39 is 5.56 Å². The fourth-order valence-electron chi connectivity index (χ4n) is 4.17. The molecule has 11 nitrogen and oxygen atoms in total. The molecule has 0 spiro atoms. The van der Waals surface area contributed by atoms with Crippen LogP contribution in [-0.2, 0) is 29.1 Å². The largest absolute Gasteiger partial charge is 0.483 e. The Labute approximate surface area is 235 Å². The third-order valence-corrected chi connectivity index (χ3v) is 6.73. The van der Waals surface area contributed by atoms with Crippen molar-refractivity contribution in [3.8, 4) is 17.2 Å². The van der Waals surface area contributed by atoms with Gasteiger partial charge in [0.15, 0.2) is 23.9 Å². The maximum Gasteiger partial charge on any atom is 0.293 e. The van der Waals surface area contributed by atoms with Crippen molar-refractivity contribution >= 4 is 29.2 Å². The van der Waals surface area contributed by atoms with Crippen LogP contribution >= 0.6 is 11.6 Å². The minimum Gasteiger partial charge on any atom is -0.483 e. The number of nitrogens with one attached hydrogen (secondary N) is 3. The molecule has 1 aliphatic heterocycles. The molecule has 3 aromatic rings. The zero-order valence-electron chi connectivity index (χ0n) is 22.0. The molecule has 40 heavy (non-hydrogen) atoms. The second kappa shape index (κ2) is 12.3. The lowest BCUT2D eigenvalue weighted by Crippen LogP contribution is -2.35. The highest BCUT2D eigenvalue weighted by Gasteiger charge is 2.23. The van der Waals surface area contributed by atoms with Crippen LogP contribution in [0.3, 0.4) is 0 Å². The number of fused-ring (bicyclic) bond motifs is 1. The molecule has 3 N–H and O–H groups in total. The van der Waals surface area contributed by atoms with Gasteiger partial charge in [-0.25, -0.2) is 4.98 Å². The van der Waals surface area contributed by atoms with Crippen LogP contribution in [0, 0.1) is 6.92 Å². The van der Waals surface area contributed by atoms with Gasteiger partial charge in [-0.1, -0.05) is 17.7 Å². The lowest BCUT2D eigenvalue weighted by Gasteiger charge is -2.14. The zero-order chi connectivity index (χ0) is 28.1. The highest BCUT2D eigenvalue weighted by molar-refractivity contribution is 6.30. The molecule has 210 valence electrons. The van der Waals surface area contributed by atoms with E-state index in [1.807, 2.05) is 18.2 Å². The van der Waals surface area contributed by atoms with Crippen LogP contribution in [0.4, 0.5) is 5.82 Å². The Morgan fingerprint density at radius 3 is 2.77 bits per heavy atom. The van der Waals surface area contributed by atoms with Gasteiger partial charge in [0.25, 0.3) is 11.5 Å². The number of nitrogens with zero attached hydrogens (tertiary/aromatic N) is 2. The minimum absolute atomic E-state index is 0.110. The Morgan fingerprint density at radius 2 is 1.95 bits per heavy atom.